The van der Waals surface area contributed by atoms with Crippen LogP contribution in [-0.2, 0) is 14.9 Å². The molecule has 0 atom stereocenters. The van der Waals surface area contributed by atoms with Crippen LogP contribution in [0, 0.1) is 0 Å². The zero-order valence-electron chi connectivity index (χ0n) is 13.2. The predicted molar refractivity (Wildman–Crippen MR) is 90.6 cm³/mol. The number of anilines is 1. The molecule has 0 aromatic heterocycles. The van der Waals surface area contributed by atoms with Gasteiger partial charge in [0.1, 0.15) is 0 Å². The van der Waals surface area contributed by atoms with E-state index >= 15 is 0 Å². The molecule has 0 saturated heterocycles. The van der Waals surface area contributed by atoms with E-state index < -0.39 is 0 Å². The van der Waals surface area contributed by atoms with Crippen LogP contribution in [0.4, 0.5) is 5.69 Å². The fourth-order valence-electron chi connectivity index (χ4n) is 1.95. The number of carbonyl (C=O) groups excluding carboxylic acids is 1. The van der Waals surface area contributed by atoms with E-state index in [2.05, 4.69) is 42.2 Å². The van der Waals surface area contributed by atoms with Gasteiger partial charge in [0.2, 0.25) is 0 Å². The maximum absolute atomic E-state index is 11.0. The van der Waals surface area contributed by atoms with Crippen molar-refractivity contribution in [2.24, 2.45) is 0 Å². The van der Waals surface area contributed by atoms with Gasteiger partial charge in [0.15, 0.2) is 5.11 Å². The second kappa shape index (κ2) is 7.98. The smallest absolute Gasteiger partial charge is 0.305 e. The molecule has 0 radical (unpaired) electrons. The Hall–Kier alpha value is -1.62. The van der Waals surface area contributed by atoms with Crippen molar-refractivity contribution in [1.29, 1.82) is 0 Å². The van der Waals surface area contributed by atoms with Gasteiger partial charge >= 0.3 is 5.97 Å². The second-order valence-electron chi connectivity index (χ2n) is 5.86. The molecule has 1 rings (SSSR count). The van der Waals surface area contributed by atoms with Gasteiger partial charge in [-0.15, -0.1) is 0 Å². The Morgan fingerprint density at radius 1 is 1.29 bits per heavy atom. The first-order valence-electron chi connectivity index (χ1n) is 7.06. The van der Waals surface area contributed by atoms with Gasteiger partial charge < -0.3 is 15.4 Å². The Bertz CT molecular complexity index is 495. The Balaban J connectivity index is 2.50. The average molecular weight is 308 g/mol. The summed E-state index contributed by atoms with van der Waals surface area (Å²) in [6, 6.07) is 8.13. The molecule has 0 saturated carbocycles. The third-order valence-corrected chi connectivity index (χ3v) is 3.30. The SMILES string of the molecule is COC(=O)CCCNC(=S)Nc1ccccc1C(C)(C)C. The summed E-state index contributed by atoms with van der Waals surface area (Å²) in [5, 5.41) is 6.89. The number of thiocarbonyl (C=S) groups is 1. The number of rotatable bonds is 5. The Morgan fingerprint density at radius 3 is 2.57 bits per heavy atom. The van der Waals surface area contributed by atoms with Crippen molar-refractivity contribution < 1.29 is 9.53 Å². The van der Waals surface area contributed by atoms with Crippen LogP contribution in [0.15, 0.2) is 24.3 Å². The van der Waals surface area contributed by atoms with E-state index in [0.717, 1.165) is 5.69 Å². The topological polar surface area (TPSA) is 50.4 Å². The fraction of sp³-hybridized carbons (Fsp3) is 0.500. The van der Waals surface area contributed by atoms with E-state index in [1.54, 1.807) is 0 Å². The monoisotopic (exact) mass is 308 g/mol. The predicted octanol–water partition coefficient (Wildman–Crippen LogP) is 3.22. The summed E-state index contributed by atoms with van der Waals surface area (Å²) < 4.78 is 4.59. The highest BCUT2D eigenvalue weighted by Crippen LogP contribution is 2.29. The highest BCUT2D eigenvalue weighted by Gasteiger charge is 2.17. The first-order chi connectivity index (χ1) is 9.84. The number of hydrogen-bond donors (Lipinski definition) is 2. The summed E-state index contributed by atoms with van der Waals surface area (Å²) in [6.45, 7) is 7.14. The lowest BCUT2D eigenvalue weighted by atomic mass is 9.86. The number of esters is 1. The van der Waals surface area contributed by atoms with Crippen molar-refractivity contribution in [3.8, 4) is 0 Å². The number of ether oxygens (including phenoxy) is 1. The lowest BCUT2D eigenvalue weighted by Gasteiger charge is -2.23. The van der Waals surface area contributed by atoms with E-state index in [4.69, 9.17) is 12.2 Å². The van der Waals surface area contributed by atoms with Crippen LogP contribution < -0.4 is 10.6 Å². The maximum Gasteiger partial charge on any atom is 0.305 e. The van der Waals surface area contributed by atoms with Crippen molar-refractivity contribution >= 4 is 29.0 Å². The van der Waals surface area contributed by atoms with Crippen LogP contribution in [0.25, 0.3) is 0 Å². The molecule has 0 bridgehead atoms. The maximum atomic E-state index is 11.0. The lowest BCUT2D eigenvalue weighted by molar-refractivity contribution is -0.140. The van der Waals surface area contributed by atoms with Crippen LogP contribution in [-0.4, -0.2) is 24.7 Å². The average Bonchev–Trinajstić information content (AvgIpc) is 2.42. The van der Waals surface area contributed by atoms with Crippen molar-refractivity contribution in [3.63, 3.8) is 0 Å². The molecule has 1 aromatic rings. The third kappa shape index (κ3) is 6.12. The summed E-state index contributed by atoms with van der Waals surface area (Å²) in [7, 11) is 1.39. The molecule has 0 unspecified atom stereocenters. The summed E-state index contributed by atoms with van der Waals surface area (Å²) >= 11 is 5.29. The molecule has 116 valence electrons. The van der Waals surface area contributed by atoms with Crippen molar-refractivity contribution in [1.82, 2.24) is 5.32 Å². The standard InChI is InChI=1S/C16H24N2O2S/c1-16(2,3)12-8-5-6-9-13(12)18-15(21)17-11-7-10-14(19)20-4/h5-6,8-9H,7,10-11H2,1-4H3,(H2,17,18,21). The minimum absolute atomic E-state index is 0.0457. The summed E-state index contributed by atoms with van der Waals surface area (Å²) in [5.74, 6) is -0.200. The molecule has 4 nitrogen and oxygen atoms in total. The van der Waals surface area contributed by atoms with Gasteiger partial charge in [-0.05, 0) is 35.7 Å². The first-order valence-corrected chi connectivity index (χ1v) is 7.46. The van der Waals surface area contributed by atoms with Crippen LogP contribution in [0.1, 0.15) is 39.2 Å². The van der Waals surface area contributed by atoms with Gasteiger partial charge in [-0.2, -0.15) is 0 Å². The molecule has 0 heterocycles. The molecule has 0 fully saturated rings. The number of carbonyl (C=O) groups is 1. The lowest BCUT2D eigenvalue weighted by Crippen LogP contribution is -2.30. The van der Waals surface area contributed by atoms with Crippen LogP contribution in [0.3, 0.4) is 0 Å². The van der Waals surface area contributed by atoms with Gasteiger partial charge in [0, 0.05) is 18.7 Å². The van der Waals surface area contributed by atoms with Crippen molar-refractivity contribution in [2.75, 3.05) is 19.0 Å². The minimum atomic E-state index is -0.200. The molecule has 0 aliphatic carbocycles. The van der Waals surface area contributed by atoms with Gasteiger partial charge in [-0.25, -0.2) is 0 Å². The normalized spacial score (nSPS) is 10.9. The number of hydrogen-bond acceptors (Lipinski definition) is 3. The van der Waals surface area contributed by atoms with Gasteiger partial charge in [0.25, 0.3) is 0 Å². The third-order valence-electron chi connectivity index (χ3n) is 3.05. The molecular formula is C16H24N2O2S. The van der Waals surface area contributed by atoms with E-state index in [-0.39, 0.29) is 11.4 Å². The number of benzene rings is 1. The largest absolute Gasteiger partial charge is 0.469 e. The van der Waals surface area contributed by atoms with Crippen molar-refractivity contribution in [2.45, 2.75) is 39.0 Å². The van der Waals surface area contributed by atoms with Crippen molar-refractivity contribution in [3.05, 3.63) is 29.8 Å². The highest BCUT2D eigenvalue weighted by atomic mass is 32.1. The molecule has 0 aliphatic heterocycles. The summed E-state index contributed by atoms with van der Waals surface area (Å²) in [4.78, 5) is 11.0. The van der Waals surface area contributed by atoms with Crippen LogP contribution in [0.2, 0.25) is 0 Å². The van der Waals surface area contributed by atoms with E-state index in [9.17, 15) is 4.79 Å². The molecular weight excluding hydrogens is 284 g/mol. The Labute approximate surface area is 132 Å². The highest BCUT2D eigenvalue weighted by molar-refractivity contribution is 7.80. The van der Waals surface area contributed by atoms with Crippen LogP contribution in [0.5, 0.6) is 0 Å². The fourth-order valence-corrected chi connectivity index (χ4v) is 2.16. The Morgan fingerprint density at radius 2 is 1.95 bits per heavy atom. The van der Waals surface area contributed by atoms with E-state index in [1.165, 1.54) is 12.7 Å². The summed E-state index contributed by atoms with van der Waals surface area (Å²) in [5.41, 5.74) is 2.27. The zero-order valence-corrected chi connectivity index (χ0v) is 14.0. The van der Waals surface area contributed by atoms with Gasteiger partial charge in [0.05, 0.1) is 7.11 Å². The molecule has 0 spiro atoms. The Kier molecular flexibility index (Phi) is 6.62. The first kappa shape index (κ1) is 17.4. The molecule has 21 heavy (non-hydrogen) atoms. The quantitative estimate of drug-likeness (QED) is 0.497. The molecule has 0 amide bonds. The van der Waals surface area contributed by atoms with E-state index in [1.807, 2.05) is 18.2 Å². The van der Waals surface area contributed by atoms with Gasteiger partial charge in [-0.3, -0.25) is 4.79 Å². The molecule has 5 heteroatoms. The second-order valence-corrected chi connectivity index (χ2v) is 6.26. The molecule has 2 N–H and O–H groups in total. The molecule has 0 aliphatic rings. The number of para-hydroxylation sites is 1. The van der Waals surface area contributed by atoms with Gasteiger partial charge in [-0.1, -0.05) is 39.0 Å². The number of methoxy groups -OCH3 is 1. The summed E-state index contributed by atoms with van der Waals surface area (Å²) in [6.07, 6.45) is 1.08. The zero-order chi connectivity index (χ0) is 15.9. The minimum Gasteiger partial charge on any atom is -0.469 e. The molecule has 1 aromatic carbocycles. The van der Waals surface area contributed by atoms with Crippen LogP contribution >= 0.6 is 12.2 Å². The number of nitrogens with one attached hydrogen (secondary N) is 2. The van der Waals surface area contributed by atoms with E-state index in [0.29, 0.717) is 24.5 Å².